The molecule has 0 aliphatic carbocycles. The van der Waals surface area contributed by atoms with Crippen LogP contribution in [0.25, 0.3) is 0 Å². The van der Waals surface area contributed by atoms with Gasteiger partial charge >= 0.3 is 0 Å². The van der Waals surface area contributed by atoms with Gasteiger partial charge in [0.1, 0.15) is 5.75 Å². The Balaban J connectivity index is 1.63. The highest BCUT2D eigenvalue weighted by atomic mass is 16.5. The number of ketones is 1. The van der Waals surface area contributed by atoms with Crippen molar-refractivity contribution in [2.75, 3.05) is 23.4 Å². The van der Waals surface area contributed by atoms with Gasteiger partial charge in [0.25, 0.3) is 0 Å². The number of rotatable bonds is 6. The standard InChI is InChI=1S/C21H22N2O4/c1-3-27-19-10-8-18(9-11-19)23-13-16(12-20(23)25)21(26)22-17-6-4-15(5-7-17)14(2)24/h4-11,16H,3,12-13H2,1-2H3,(H,22,26)/t16-/m1/s1. The molecule has 0 radical (unpaired) electrons. The lowest BCUT2D eigenvalue weighted by molar-refractivity contribution is -0.122. The van der Waals surface area contributed by atoms with Gasteiger partial charge in [0, 0.05) is 29.9 Å². The molecule has 1 aliphatic rings. The van der Waals surface area contributed by atoms with E-state index in [1.165, 1.54) is 6.92 Å². The molecule has 1 aliphatic heterocycles. The number of nitrogens with one attached hydrogen (secondary N) is 1. The van der Waals surface area contributed by atoms with Crippen LogP contribution in [0.3, 0.4) is 0 Å². The van der Waals surface area contributed by atoms with E-state index in [0.29, 0.717) is 24.4 Å². The Hall–Kier alpha value is -3.15. The van der Waals surface area contributed by atoms with Gasteiger partial charge in [-0.15, -0.1) is 0 Å². The largest absolute Gasteiger partial charge is 0.494 e. The second kappa shape index (κ2) is 8.03. The predicted octanol–water partition coefficient (Wildman–Crippen LogP) is 3.28. The third kappa shape index (κ3) is 4.34. The van der Waals surface area contributed by atoms with Crippen LogP contribution in [0.15, 0.2) is 48.5 Å². The van der Waals surface area contributed by atoms with E-state index < -0.39 is 5.92 Å². The molecule has 6 nitrogen and oxygen atoms in total. The van der Waals surface area contributed by atoms with Crippen LogP contribution in [0.4, 0.5) is 11.4 Å². The maximum absolute atomic E-state index is 12.5. The van der Waals surface area contributed by atoms with Gasteiger partial charge in [-0.3, -0.25) is 14.4 Å². The van der Waals surface area contributed by atoms with E-state index in [0.717, 1.165) is 11.4 Å². The monoisotopic (exact) mass is 366 g/mol. The van der Waals surface area contributed by atoms with Gasteiger partial charge in [0.2, 0.25) is 11.8 Å². The normalized spacial score (nSPS) is 16.3. The van der Waals surface area contributed by atoms with Gasteiger partial charge in [-0.25, -0.2) is 0 Å². The van der Waals surface area contributed by atoms with E-state index >= 15 is 0 Å². The van der Waals surface area contributed by atoms with Crippen LogP contribution in [-0.4, -0.2) is 30.7 Å². The van der Waals surface area contributed by atoms with Crippen molar-refractivity contribution in [1.29, 1.82) is 0 Å². The van der Waals surface area contributed by atoms with Crippen molar-refractivity contribution in [3.8, 4) is 5.75 Å². The first-order chi connectivity index (χ1) is 13.0. The number of anilines is 2. The Morgan fingerprint density at radius 3 is 2.37 bits per heavy atom. The summed E-state index contributed by atoms with van der Waals surface area (Å²) in [5.41, 5.74) is 1.95. The Kier molecular flexibility index (Phi) is 5.54. The summed E-state index contributed by atoms with van der Waals surface area (Å²) in [6, 6.07) is 14.0. The summed E-state index contributed by atoms with van der Waals surface area (Å²) >= 11 is 0. The number of carbonyl (C=O) groups excluding carboxylic acids is 3. The molecule has 2 amide bonds. The molecule has 1 N–H and O–H groups in total. The van der Waals surface area contributed by atoms with Gasteiger partial charge in [0.05, 0.1) is 12.5 Å². The molecule has 0 unspecified atom stereocenters. The topological polar surface area (TPSA) is 75.7 Å². The van der Waals surface area contributed by atoms with Crippen molar-refractivity contribution in [1.82, 2.24) is 0 Å². The highest BCUT2D eigenvalue weighted by Gasteiger charge is 2.35. The van der Waals surface area contributed by atoms with Crippen molar-refractivity contribution in [3.63, 3.8) is 0 Å². The van der Waals surface area contributed by atoms with Crippen molar-refractivity contribution >= 4 is 29.0 Å². The number of hydrogen-bond donors (Lipinski definition) is 1. The van der Waals surface area contributed by atoms with Crippen LogP contribution >= 0.6 is 0 Å². The molecule has 3 rings (SSSR count). The predicted molar refractivity (Wildman–Crippen MR) is 103 cm³/mol. The molecule has 1 saturated heterocycles. The molecule has 140 valence electrons. The van der Waals surface area contributed by atoms with Crippen LogP contribution < -0.4 is 15.0 Å². The van der Waals surface area contributed by atoms with E-state index in [1.807, 2.05) is 31.2 Å². The minimum absolute atomic E-state index is 0.0275. The molecule has 1 heterocycles. The van der Waals surface area contributed by atoms with E-state index in [9.17, 15) is 14.4 Å². The molecule has 1 fully saturated rings. The molecule has 0 saturated carbocycles. The van der Waals surface area contributed by atoms with Crippen LogP contribution in [0.5, 0.6) is 5.75 Å². The number of ether oxygens (including phenoxy) is 1. The molecule has 6 heteroatoms. The number of hydrogen-bond acceptors (Lipinski definition) is 4. The SMILES string of the molecule is CCOc1ccc(N2C[C@H](C(=O)Nc3ccc(C(C)=O)cc3)CC2=O)cc1. The minimum atomic E-state index is -0.420. The number of benzene rings is 2. The number of nitrogens with zero attached hydrogens (tertiary/aromatic N) is 1. The molecule has 2 aromatic carbocycles. The van der Waals surface area contributed by atoms with Crippen LogP contribution in [0.1, 0.15) is 30.6 Å². The summed E-state index contributed by atoms with van der Waals surface area (Å²) in [6.07, 6.45) is 0.171. The number of Topliss-reactive ketones (excluding diaryl/α,β-unsaturated/α-hetero) is 1. The maximum atomic E-state index is 12.5. The van der Waals surface area contributed by atoms with Crippen molar-refractivity contribution in [3.05, 3.63) is 54.1 Å². The fourth-order valence-electron chi connectivity index (χ4n) is 3.05. The molecule has 0 aromatic heterocycles. The highest BCUT2D eigenvalue weighted by molar-refractivity contribution is 6.03. The molecule has 0 bridgehead atoms. The second-order valence-electron chi connectivity index (χ2n) is 6.46. The number of amides is 2. The van der Waals surface area contributed by atoms with Crippen LogP contribution in [0.2, 0.25) is 0 Å². The summed E-state index contributed by atoms with van der Waals surface area (Å²) in [4.78, 5) is 37.8. The first-order valence-electron chi connectivity index (χ1n) is 8.93. The molecule has 0 spiro atoms. The zero-order valence-corrected chi connectivity index (χ0v) is 15.4. The lowest BCUT2D eigenvalue weighted by Crippen LogP contribution is -2.28. The molecular weight excluding hydrogens is 344 g/mol. The minimum Gasteiger partial charge on any atom is -0.494 e. The molecule has 27 heavy (non-hydrogen) atoms. The first kappa shape index (κ1) is 18.6. The van der Waals surface area contributed by atoms with E-state index in [1.54, 1.807) is 29.2 Å². The summed E-state index contributed by atoms with van der Waals surface area (Å²) in [5.74, 6) is 0.0200. The van der Waals surface area contributed by atoms with E-state index in [4.69, 9.17) is 4.74 Å². The third-order valence-electron chi connectivity index (χ3n) is 4.51. The lowest BCUT2D eigenvalue weighted by atomic mass is 10.1. The Morgan fingerprint density at radius 1 is 1.11 bits per heavy atom. The summed E-state index contributed by atoms with van der Waals surface area (Å²) in [5, 5.41) is 2.82. The van der Waals surface area contributed by atoms with E-state index in [2.05, 4.69) is 5.32 Å². The van der Waals surface area contributed by atoms with Gasteiger partial charge in [-0.2, -0.15) is 0 Å². The maximum Gasteiger partial charge on any atom is 0.229 e. The van der Waals surface area contributed by atoms with Crippen molar-refractivity contribution in [2.24, 2.45) is 5.92 Å². The Bertz CT molecular complexity index is 843. The fraction of sp³-hybridized carbons (Fsp3) is 0.286. The average molecular weight is 366 g/mol. The third-order valence-corrected chi connectivity index (χ3v) is 4.51. The van der Waals surface area contributed by atoms with E-state index in [-0.39, 0.29) is 24.0 Å². The fourth-order valence-corrected chi connectivity index (χ4v) is 3.05. The van der Waals surface area contributed by atoms with Gasteiger partial charge in [-0.1, -0.05) is 0 Å². The Morgan fingerprint density at radius 2 is 1.78 bits per heavy atom. The average Bonchev–Trinajstić information content (AvgIpc) is 3.05. The smallest absolute Gasteiger partial charge is 0.229 e. The van der Waals surface area contributed by atoms with Gasteiger partial charge in [-0.05, 0) is 62.4 Å². The zero-order valence-electron chi connectivity index (χ0n) is 15.4. The highest BCUT2D eigenvalue weighted by Crippen LogP contribution is 2.27. The van der Waals surface area contributed by atoms with Crippen molar-refractivity contribution in [2.45, 2.75) is 20.3 Å². The molecular formula is C21H22N2O4. The van der Waals surface area contributed by atoms with Crippen molar-refractivity contribution < 1.29 is 19.1 Å². The summed E-state index contributed by atoms with van der Waals surface area (Å²) < 4.78 is 5.41. The van der Waals surface area contributed by atoms with Gasteiger partial charge < -0.3 is 15.0 Å². The number of carbonyl (C=O) groups is 3. The van der Waals surface area contributed by atoms with Crippen LogP contribution in [0, 0.1) is 5.92 Å². The summed E-state index contributed by atoms with van der Waals surface area (Å²) in [6.45, 7) is 4.32. The quantitative estimate of drug-likeness (QED) is 0.796. The summed E-state index contributed by atoms with van der Waals surface area (Å²) in [7, 11) is 0. The zero-order chi connectivity index (χ0) is 19.4. The second-order valence-corrected chi connectivity index (χ2v) is 6.46. The Labute approximate surface area is 158 Å². The molecule has 2 aromatic rings. The lowest BCUT2D eigenvalue weighted by Gasteiger charge is -2.17. The van der Waals surface area contributed by atoms with Crippen LogP contribution in [-0.2, 0) is 9.59 Å². The first-order valence-corrected chi connectivity index (χ1v) is 8.93. The van der Waals surface area contributed by atoms with Gasteiger partial charge in [0.15, 0.2) is 5.78 Å². The molecule has 1 atom stereocenters.